The average molecular weight is 409 g/mol. The quantitative estimate of drug-likeness (QED) is 0.724. The summed E-state index contributed by atoms with van der Waals surface area (Å²) in [5, 5.41) is 5.69. The molecule has 0 bridgehead atoms. The van der Waals surface area contributed by atoms with Crippen LogP contribution >= 0.6 is 0 Å². The first-order valence-electron chi connectivity index (χ1n) is 10.7. The molecule has 6 heteroatoms. The third-order valence-corrected chi connectivity index (χ3v) is 5.62. The largest absolute Gasteiger partial charge is 0.371 e. The fraction of sp³-hybridized carbons (Fsp3) is 0.417. The Morgan fingerprint density at radius 2 is 1.57 bits per heavy atom. The maximum atomic E-state index is 12.8. The Balaban J connectivity index is 1.61. The normalized spacial score (nSPS) is 15.0. The molecule has 1 aliphatic heterocycles. The summed E-state index contributed by atoms with van der Waals surface area (Å²) in [4.78, 5) is 28.4. The van der Waals surface area contributed by atoms with Crippen LogP contribution in [0.2, 0.25) is 0 Å². The minimum absolute atomic E-state index is 0.0553. The number of hydrogen-bond donors (Lipinski definition) is 2. The zero-order chi connectivity index (χ0) is 21.5. The first-order chi connectivity index (χ1) is 14.4. The fourth-order valence-electron chi connectivity index (χ4n) is 3.78. The number of nitrogens with zero attached hydrogens (tertiary/aromatic N) is 2. The van der Waals surface area contributed by atoms with Gasteiger partial charge in [0.15, 0.2) is 0 Å². The second-order valence-electron chi connectivity index (χ2n) is 8.02. The van der Waals surface area contributed by atoms with Crippen molar-refractivity contribution in [1.82, 2.24) is 4.90 Å². The van der Waals surface area contributed by atoms with E-state index < -0.39 is 0 Å². The SMILES string of the molecule is CC(=O)Nc1ccc(NC(=O)[C@@H](C)N(C)Cc2ccccc2N2CCCCC2)cc1. The van der Waals surface area contributed by atoms with Crippen molar-refractivity contribution in [1.29, 1.82) is 0 Å². The Labute approximate surface area is 179 Å². The number of carbonyl (C=O) groups is 2. The topological polar surface area (TPSA) is 64.7 Å². The second kappa shape index (κ2) is 10.3. The summed E-state index contributed by atoms with van der Waals surface area (Å²) in [5.41, 5.74) is 3.95. The number of piperidine rings is 1. The Kier molecular flexibility index (Phi) is 7.46. The molecule has 0 aliphatic carbocycles. The van der Waals surface area contributed by atoms with Crippen LogP contribution in [0.5, 0.6) is 0 Å². The van der Waals surface area contributed by atoms with Gasteiger partial charge < -0.3 is 15.5 Å². The summed E-state index contributed by atoms with van der Waals surface area (Å²) in [7, 11) is 1.98. The van der Waals surface area contributed by atoms with E-state index in [-0.39, 0.29) is 17.9 Å². The smallest absolute Gasteiger partial charge is 0.241 e. The molecule has 0 aromatic heterocycles. The molecule has 30 heavy (non-hydrogen) atoms. The second-order valence-corrected chi connectivity index (χ2v) is 8.02. The van der Waals surface area contributed by atoms with Crippen LogP contribution in [-0.4, -0.2) is 42.9 Å². The highest BCUT2D eigenvalue weighted by atomic mass is 16.2. The van der Waals surface area contributed by atoms with Gasteiger partial charge in [-0.3, -0.25) is 14.5 Å². The van der Waals surface area contributed by atoms with Gasteiger partial charge in [0.05, 0.1) is 6.04 Å². The monoisotopic (exact) mass is 408 g/mol. The number of benzene rings is 2. The lowest BCUT2D eigenvalue weighted by Crippen LogP contribution is -2.39. The summed E-state index contributed by atoms with van der Waals surface area (Å²) in [6.45, 7) is 6.31. The van der Waals surface area contributed by atoms with E-state index in [1.54, 1.807) is 24.3 Å². The number of carbonyl (C=O) groups excluding carboxylic acids is 2. The molecule has 2 aromatic rings. The van der Waals surface area contributed by atoms with Crippen LogP contribution in [0.4, 0.5) is 17.1 Å². The zero-order valence-corrected chi connectivity index (χ0v) is 18.1. The van der Waals surface area contributed by atoms with Gasteiger partial charge in [-0.25, -0.2) is 0 Å². The minimum Gasteiger partial charge on any atom is -0.371 e. The molecule has 1 fully saturated rings. The van der Waals surface area contributed by atoms with Gasteiger partial charge in [0.2, 0.25) is 11.8 Å². The molecule has 2 N–H and O–H groups in total. The molecule has 2 aromatic carbocycles. The number of nitrogens with one attached hydrogen (secondary N) is 2. The van der Waals surface area contributed by atoms with Crippen molar-refractivity contribution in [3.05, 3.63) is 54.1 Å². The van der Waals surface area contributed by atoms with Gasteiger partial charge in [-0.1, -0.05) is 18.2 Å². The van der Waals surface area contributed by atoms with E-state index in [1.807, 2.05) is 14.0 Å². The molecule has 1 saturated heterocycles. The lowest BCUT2D eigenvalue weighted by Gasteiger charge is -2.32. The predicted molar refractivity (Wildman–Crippen MR) is 123 cm³/mol. The van der Waals surface area contributed by atoms with Crippen LogP contribution in [0.25, 0.3) is 0 Å². The molecule has 160 valence electrons. The summed E-state index contributed by atoms with van der Waals surface area (Å²) in [6.07, 6.45) is 3.79. The number of para-hydroxylation sites is 1. The van der Waals surface area contributed by atoms with Crippen molar-refractivity contribution in [3.8, 4) is 0 Å². The van der Waals surface area contributed by atoms with Gasteiger partial charge in [-0.15, -0.1) is 0 Å². The van der Waals surface area contributed by atoms with Gasteiger partial charge >= 0.3 is 0 Å². The van der Waals surface area contributed by atoms with Crippen LogP contribution in [0.1, 0.15) is 38.7 Å². The van der Waals surface area contributed by atoms with E-state index >= 15 is 0 Å². The zero-order valence-electron chi connectivity index (χ0n) is 18.1. The minimum atomic E-state index is -0.283. The van der Waals surface area contributed by atoms with Crippen molar-refractivity contribution in [2.45, 2.75) is 45.7 Å². The molecule has 0 spiro atoms. The fourth-order valence-corrected chi connectivity index (χ4v) is 3.78. The van der Waals surface area contributed by atoms with Crippen molar-refractivity contribution in [2.75, 3.05) is 35.7 Å². The Morgan fingerprint density at radius 1 is 0.967 bits per heavy atom. The summed E-state index contributed by atoms with van der Waals surface area (Å²) < 4.78 is 0. The summed E-state index contributed by atoms with van der Waals surface area (Å²) in [6, 6.07) is 15.4. The molecular formula is C24H32N4O2. The standard InChI is InChI=1S/C24H32N4O2/c1-18(24(30)26-22-13-11-21(12-14-22)25-19(2)29)27(3)17-20-9-5-6-10-23(20)28-15-7-4-8-16-28/h5-6,9-14,18H,4,7-8,15-17H2,1-3H3,(H,25,29)(H,26,30)/t18-/m1/s1. The van der Waals surface area contributed by atoms with Crippen LogP contribution < -0.4 is 15.5 Å². The summed E-state index contributed by atoms with van der Waals surface area (Å²) >= 11 is 0. The molecule has 1 heterocycles. The molecule has 2 amide bonds. The van der Waals surface area contributed by atoms with E-state index in [9.17, 15) is 9.59 Å². The third-order valence-electron chi connectivity index (χ3n) is 5.62. The molecule has 1 atom stereocenters. The summed E-state index contributed by atoms with van der Waals surface area (Å²) in [5.74, 6) is -0.174. The Bertz CT molecular complexity index is 860. The van der Waals surface area contributed by atoms with Crippen LogP contribution in [0, 0.1) is 0 Å². The molecule has 0 saturated carbocycles. The predicted octanol–water partition coefficient (Wildman–Crippen LogP) is 4.09. The van der Waals surface area contributed by atoms with Gasteiger partial charge in [-0.2, -0.15) is 0 Å². The number of rotatable bonds is 7. The van der Waals surface area contributed by atoms with Crippen molar-refractivity contribution in [3.63, 3.8) is 0 Å². The van der Waals surface area contributed by atoms with Crippen LogP contribution in [-0.2, 0) is 16.1 Å². The van der Waals surface area contributed by atoms with Gasteiger partial charge in [0.1, 0.15) is 0 Å². The number of amides is 2. The Morgan fingerprint density at radius 3 is 2.20 bits per heavy atom. The first kappa shape index (κ1) is 21.8. The highest BCUT2D eigenvalue weighted by Crippen LogP contribution is 2.25. The number of likely N-dealkylation sites (N-methyl/N-ethyl adjacent to an activating group) is 1. The van der Waals surface area contributed by atoms with E-state index in [1.165, 1.54) is 37.4 Å². The van der Waals surface area contributed by atoms with Gasteiger partial charge in [0, 0.05) is 43.6 Å². The number of hydrogen-bond acceptors (Lipinski definition) is 4. The van der Waals surface area contributed by atoms with E-state index in [2.05, 4.69) is 44.7 Å². The van der Waals surface area contributed by atoms with Crippen LogP contribution in [0.3, 0.4) is 0 Å². The van der Waals surface area contributed by atoms with Gasteiger partial charge in [0.25, 0.3) is 0 Å². The molecule has 0 radical (unpaired) electrons. The molecule has 1 aliphatic rings. The average Bonchev–Trinajstić information content (AvgIpc) is 2.75. The molecule has 0 unspecified atom stereocenters. The maximum absolute atomic E-state index is 12.8. The Hall–Kier alpha value is -2.86. The van der Waals surface area contributed by atoms with Crippen molar-refractivity contribution < 1.29 is 9.59 Å². The maximum Gasteiger partial charge on any atom is 0.241 e. The molecule has 3 rings (SSSR count). The molecular weight excluding hydrogens is 376 g/mol. The lowest BCUT2D eigenvalue weighted by molar-refractivity contribution is -0.120. The van der Waals surface area contributed by atoms with E-state index in [0.29, 0.717) is 17.9 Å². The van der Waals surface area contributed by atoms with Gasteiger partial charge in [-0.05, 0) is 69.1 Å². The van der Waals surface area contributed by atoms with Crippen molar-refractivity contribution in [2.24, 2.45) is 0 Å². The molecule has 6 nitrogen and oxygen atoms in total. The lowest BCUT2D eigenvalue weighted by atomic mass is 10.1. The van der Waals surface area contributed by atoms with Crippen molar-refractivity contribution >= 4 is 28.9 Å². The van der Waals surface area contributed by atoms with E-state index in [4.69, 9.17) is 0 Å². The van der Waals surface area contributed by atoms with Crippen LogP contribution in [0.15, 0.2) is 48.5 Å². The number of anilines is 3. The third kappa shape index (κ3) is 5.83. The van der Waals surface area contributed by atoms with E-state index in [0.717, 1.165) is 13.1 Å². The first-order valence-corrected chi connectivity index (χ1v) is 10.7. The highest BCUT2D eigenvalue weighted by Gasteiger charge is 2.21. The highest BCUT2D eigenvalue weighted by molar-refractivity contribution is 5.95.